The van der Waals surface area contributed by atoms with Gasteiger partial charge in [0.15, 0.2) is 0 Å². The average Bonchev–Trinajstić information content (AvgIpc) is 2.76. The molecule has 1 aliphatic rings. The summed E-state index contributed by atoms with van der Waals surface area (Å²) in [7, 11) is 1.66. The summed E-state index contributed by atoms with van der Waals surface area (Å²) in [4.78, 5) is 11.3. The van der Waals surface area contributed by atoms with E-state index in [2.05, 4.69) is 56.7 Å². The van der Waals surface area contributed by atoms with Gasteiger partial charge in [-0.2, -0.15) is 4.98 Å². The van der Waals surface area contributed by atoms with Crippen LogP contribution in [-0.2, 0) is 0 Å². The number of nitrogens with zero attached hydrogens (tertiary/aromatic N) is 3. The molecule has 0 amide bonds. The highest BCUT2D eigenvalue weighted by Crippen LogP contribution is 2.25. The Kier molecular flexibility index (Phi) is 5.79. The van der Waals surface area contributed by atoms with Crippen molar-refractivity contribution in [2.75, 3.05) is 35.7 Å². The van der Waals surface area contributed by atoms with Gasteiger partial charge in [-0.25, -0.2) is 4.98 Å². The Hall–Kier alpha value is -3.28. The lowest BCUT2D eigenvalue weighted by Crippen LogP contribution is -2.32. The molecule has 0 aliphatic carbocycles. The molecule has 1 fully saturated rings. The highest BCUT2D eigenvalue weighted by Gasteiger charge is 2.15. The zero-order valence-corrected chi connectivity index (χ0v) is 16.9. The number of nitrogens with one attached hydrogen (secondary N) is 2. The van der Waals surface area contributed by atoms with Gasteiger partial charge in [-0.3, -0.25) is 0 Å². The number of anilines is 5. The molecule has 2 aromatic carbocycles. The molecule has 0 atom stereocenters. The molecule has 0 spiro atoms. The maximum absolute atomic E-state index is 5.19. The van der Waals surface area contributed by atoms with E-state index in [-0.39, 0.29) is 0 Å². The van der Waals surface area contributed by atoms with Crippen LogP contribution >= 0.6 is 0 Å². The maximum Gasteiger partial charge on any atom is 0.229 e. The van der Waals surface area contributed by atoms with Gasteiger partial charge in [0.2, 0.25) is 5.95 Å². The number of piperidine rings is 1. The molecular formula is C23H27N5O. The number of methoxy groups -OCH3 is 1. The van der Waals surface area contributed by atoms with Crippen LogP contribution in [0.4, 0.5) is 28.8 Å². The van der Waals surface area contributed by atoms with Crippen LogP contribution < -0.4 is 20.3 Å². The first-order valence-corrected chi connectivity index (χ1v) is 10.1. The molecule has 0 radical (unpaired) electrons. The predicted octanol–water partition coefficient (Wildman–Crippen LogP) is 5.21. The molecule has 4 rings (SSSR count). The topological polar surface area (TPSA) is 62.3 Å². The molecule has 1 saturated heterocycles. The SMILES string of the molecule is COc1ccc(Nc2ccnc(Nc3ccc(N4CCC(C)CC4)cc3)n2)cc1. The van der Waals surface area contributed by atoms with Gasteiger partial charge < -0.3 is 20.3 Å². The summed E-state index contributed by atoms with van der Waals surface area (Å²) in [6.07, 6.45) is 4.27. The van der Waals surface area contributed by atoms with Gasteiger partial charge in [-0.15, -0.1) is 0 Å². The van der Waals surface area contributed by atoms with Crippen LogP contribution in [0, 0.1) is 5.92 Å². The van der Waals surface area contributed by atoms with Gasteiger partial charge in [0.05, 0.1) is 7.11 Å². The van der Waals surface area contributed by atoms with Crippen LogP contribution in [0.3, 0.4) is 0 Å². The Morgan fingerprint density at radius 2 is 1.55 bits per heavy atom. The summed E-state index contributed by atoms with van der Waals surface area (Å²) in [6.45, 7) is 4.61. The minimum atomic E-state index is 0.558. The summed E-state index contributed by atoms with van der Waals surface area (Å²) in [5, 5.41) is 6.57. The Balaban J connectivity index is 1.39. The standard InChI is InChI=1S/C23H27N5O/c1-17-12-15-28(16-13-17)20-7-3-19(4-8-20)26-23-24-14-11-22(27-23)25-18-5-9-21(29-2)10-6-18/h3-11,14,17H,12-13,15-16H2,1-2H3,(H2,24,25,26,27). The van der Waals surface area contributed by atoms with E-state index >= 15 is 0 Å². The van der Waals surface area contributed by atoms with Crippen molar-refractivity contribution in [3.8, 4) is 5.75 Å². The van der Waals surface area contributed by atoms with E-state index in [9.17, 15) is 0 Å². The molecule has 29 heavy (non-hydrogen) atoms. The zero-order valence-electron chi connectivity index (χ0n) is 16.9. The minimum Gasteiger partial charge on any atom is -0.497 e. The predicted molar refractivity (Wildman–Crippen MR) is 119 cm³/mol. The van der Waals surface area contributed by atoms with Gasteiger partial charge in [0.25, 0.3) is 0 Å². The number of ether oxygens (including phenoxy) is 1. The number of hydrogen-bond donors (Lipinski definition) is 2. The van der Waals surface area contributed by atoms with Crippen molar-refractivity contribution in [2.45, 2.75) is 19.8 Å². The van der Waals surface area contributed by atoms with Crippen molar-refractivity contribution in [3.63, 3.8) is 0 Å². The monoisotopic (exact) mass is 389 g/mol. The van der Waals surface area contributed by atoms with Gasteiger partial charge in [-0.05, 0) is 73.4 Å². The summed E-state index contributed by atoms with van der Waals surface area (Å²) in [6, 6.07) is 18.1. The number of aromatic nitrogens is 2. The van der Waals surface area contributed by atoms with Crippen molar-refractivity contribution < 1.29 is 4.74 Å². The molecule has 1 aromatic heterocycles. The van der Waals surface area contributed by atoms with Crippen molar-refractivity contribution >= 4 is 28.8 Å². The quantitative estimate of drug-likeness (QED) is 0.603. The van der Waals surface area contributed by atoms with Crippen molar-refractivity contribution in [2.24, 2.45) is 5.92 Å². The Labute approximate surface area is 172 Å². The van der Waals surface area contributed by atoms with Gasteiger partial charge in [-0.1, -0.05) is 6.92 Å². The van der Waals surface area contributed by atoms with Crippen LogP contribution in [0.25, 0.3) is 0 Å². The smallest absolute Gasteiger partial charge is 0.229 e. The van der Waals surface area contributed by atoms with E-state index in [1.54, 1.807) is 13.3 Å². The molecule has 0 saturated carbocycles. The second kappa shape index (κ2) is 8.82. The van der Waals surface area contributed by atoms with Crippen LogP contribution in [0.5, 0.6) is 5.75 Å². The Morgan fingerprint density at radius 1 is 0.897 bits per heavy atom. The molecule has 2 N–H and O–H groups in total. The maximum atomic E-state index is 5.19. The van der Waals surface area contributed by atoms with E-state index < -0.39 is 0 Å². The van der Waals surface area contributed by atoms with Crippen LogP contribution in [0.1, 0.15) is 19.8 Å². The highest BCUT2D eigenvalue weighted by molar-refractivity contribution is 5.62. The van der Waals surface area contributed by atoms with Crippen molar-refractivity contribution in [1.29, 1.82) is 0 Å². The highest BCUT2D eigenvalue weighted by atomic mass is 16.5. The number of hydrogen-bond acceptors (Lipinski definition) is 6. The third-order valence-electron chi connectivity index (χ3n) is 5.29. The normalized spacial score (nSPS) is 14.5. The summed E-state index contributed by atoms with van der Waals surface area (Å²) in [5.74, 6) is 2.95. The molecule has 3 aromatic rings. The fourth-order valence-corrected chi connectivity index (χ4v) is 3.46. The lowest BCUT2D eigenvalue weighted by Gasteiger charge is -2.32. The van der Waals surface area contributed by atoms with E-state index in [1.165, 1.54) is 18.5 Å². The zero-order chi connectivity index (χ0) is 20.1. The molecule has 0 bridgehead atoms. The van der Waals surface area contributed by atoms with E-state index in [0.29, 0.717) is 5.95 Å². The fourth-order valence-electron chi connectivity index (χ4n) is 3.46. The van der Waals surface area contributed by atoms with Crippen molar-refractivity contribution in [1.82, 2.24) is 9.97 Å². The first-order chi connectivity index (χ1) is 14.2. The van der Waals surface area contributed by atoms with Crippen LogP contribution in [0.2, 0.25) is 0 Å². The summed E-state index contributed by atoms with van der Waals surface area (Å²) < 4.78 is 5.19. The minimum absolute atomic E-state index is 0.558. The third-order valence-corrected chi connectivity index (χ3v) is 5.29. The first-order valence-electron chi connectivity index (χ1n) is 10.1. The van der Waals surface area contributed by atoms with Gasteiger partial charge in [0.1, 0.15) is 11.6 Å². The van der Waals surface area contributed by atoms with Crippen LogP contribution in [-0.4, -0.2) is 30.2 Å². The number of benzene rings is 2. The lowest BCUT2D eigenvalue weighted by atomic mass is 9.99. The molecule has 2 heterocycles. The molecule has 6 heteroatoms. The molecule has 6 nitrogen and oxygen atoms in total. The Bertz CT molecular complexity index is 919. The molecular weight excluding hydrogens is 362 g/mol. The van der Waals surface area contributed by atoms with E-state index in [1.807, 2.05) is 30.3 Å². The second-order valence-electron chi connectivity index (χ2n) is 7.46. The molecule has 0 unspecified atom stereocenters. The largest absolute Gasteiger partial charge is 0.497 e. The van der Waals surface area contributed by atoms with E-state index in [0.717, 1.165) is 41.9 Å². The van der Waals surface area contributed by atoms with Crippen molar-refractivity contribution in [3.05, 3.63) is 60.8 Å². The number of rotatable bonds is 6. The van der Waals surface area contributed by atoms with Gasteiger partial charge in [0, 0.05) is 36.3 Å². The lowest BCUT2D eigenvalue weighted by molar-refractivity contribution is 0.415. The first kappa shape index (κ1) is 19.1. The van der Waals surface area contributed by atoms with Crippen LogP contribution in [0.15, 0.2) is 60.8 Å². The summed E-state index contributed by atoms with van der Waals surface area (Å²) in [5.41, 5.74) is 3.19. The molecule has 150 valence electrons. The molecule has 1 aliphatic heterocycles. The van der Waals surface area contributed by atoms with E-state index in [4.69, 9.17) is 4.74 Å². The second-order valence-corrected chi connectivity index (χ2v) is 7.46. The Morgan fingerprint density at radius 3 is 2.24 bits per heavy atom. The average molecular weight is 390 g/mol. The van der Waals surface area contributed by atoms with Gasteiger partial charge >= 0.3 is 0 Å². The fraction of sp³-hybridized carbons (Fsp3) is 0.304. The third kappa shape index (κ3) is 4.96. The summed E-state index contributed by atoms with van der Waals surface area (Å²) >= 11 is 0.